The van der Waals surface area contributed by atoms with Crippen LogP contribution in [-0.2, 0) is 11.2 Å². The molecule has 2 heterocycles. The number of aromatic nitrogens is 4. The van der Waals surface area contributed by atoms with Gasteiger partial charge in [-0.2, -0.15) is 0 Å². The summed E-state index contributed by atoms with van der Waals surface area (Å²) in [5, 5.41) is 14.8. The summed E-state index contributed by atoms with van der Waals surface area (Å²) in [6.45, 7) is 4.02. The quantitative estimate of drug-likeness (QED) is 0.409. The molecule has 3 N–H and O–H groups in total. The summed E-state index contributed by atoms with van der Waals surface area (Å²) >= 11 is 2.75. The van der Waals surface area contributed by atoms with E-state index in [0.717, 1.165) is 34.0 Å². The van der Waals surface area contributed by atoms with Crippen LogP contribution < -0.4 is 11.1 Å². The van der Waals surface area contributed by atoms with Crippen LogP contribution in [-0.4, -0.2) is 31.4 Å². The highest BCUT2D eigenvalue weighted by Crippen LogP contribution is 2.24. The Kier molecular flexibility index (Phi) is 6.34. The Bertz CT molecular complexity index is 1180. The fraction of sp³-hybridized carbons (Fsp3) is 0.182. The van der Waals surface area contributed by atoms with Crippen LogP contribution in [0, 0.1) is 13.8 Å². The van der Waals surface area contributed by atoms with E-state index in [-0.39, 0.29) is 11.7 Å². The van der Waals surface area contributed by atoms with E-state index in [2.05, 4.69) is 26.6 Å². The van der Waals surface area contributed by atoms with Gasteiger partial charge in [-0.05, 0) is 49.2 Å². The number of rotatable bonds is 7. The first-order chi connectivity index (χ1) is 15.0. The van der Waals surface area contributed by atoms with E-state index >= 15 is 0 Å². The second kappa shape index (κ2) is 9.32. The number of benzene rings is 2. The zero-order valence-electron chi connectivity index (χ0n) is 17.2. The van der Waals surface area contributed by atoms with Crippen LogP contribution >= 0.6 is 23.1 Å². The Morgan fingerprint density at radius 1 is 1.13 bits per heavy atom. The van der Waals surface area contributed by atoms with Gasteiger partial charge in [0, 0.05) is 16.8 Å². The van der Waals surface area contributed by atoms with E-state index < -0.39 is 0 Å². The molecule has 0 aliphatic rings. The first-order valence-electron chi connectivity index (χ1n) is 9.68. The molecule has 2 aromatic heterocycles. The molecule has 0 spiro atoms. The van der Waals surface area contributed by atoms with E-state index in [1.54, 1.807) is 0 Å². The number of amides is 1. The normalized spacial score (nSPS) is 10.9. The van der Waals surface area contributed by atoms with E-state index in [1.165, 1.54) is 23.1 Å². The van der Waals surface area contributed by atoms with Gasteiger partial charge in [-0.15, -0.1) is 21.5 Å². The second-order valence-electron chi connectivity index (χ2n) is 7.14. The van der Waals surface area contributed by atoms with Crippen LogP contribution in [0.1, 0.15) is 22.6 Å². The summed E-state index contributed by atoms with van der Waals surface area (Å²) in [6, 6.07) is 15.8. The highest BCUT2D eigenvalue weighted by Gasteiger charge is 2.17. The Balaban J connectivity index is 1.53. The molecular weight excluding hydrogens is 428 g/mol. The molecule has 0 unspecified atom stereocenters. The zero-order valence-corrected chi connectivity index (χ0v) is 18.8. The number of nitrogens with one attached hydrogen (secondary N) is 1. The number of para-hydroxylation sites is 1. The number of nitrogen functional groups attached to an aromatic ring is 1. The molecule has 158 valence electrons. The van der Waals surface area contributed by atoms with Gasteiger partial charge in [0.1, 0.15) is 5.82 Å². The molecular formula is C22H22N6OS2. The second-order valence-corrected chi connectivity index (χ2v) is 8.97. The summed E-state index contributed by atoms with van der Waals surface area (Å²) in [5.74, 6) is 0.877. The summed E-state index contributed by atoms with van der Waals surface area (Å²) in [4.78, 5) is 16.9. The van der Waals surface area contributed by atoms with Crippen LogP contribution in [0.2, 0.25) is 0 Å². The molecule has 0 saturated carbocycles. The molecule has 1 amide bonds. The number of thioether (sulfide) groups is 1. The molecule has 9 heteroatoms. The van der Waals surface area contributed by atoms with Crippen molar-refractivity contribution in [3.8, 4) is 5.69 Å². The Hall–Kier alpha value is -3.17. The number of thiazole rings is 1. The van der Waals surface area contributed by atoms with Crippen molar-refractivity contribution in [3.63, 3.8) is 0 Å². The van der Waals surface area contributed by atoms with Crippen LogP contribution in [0.5, 0.6) is 0 Å². The summed E-state index contributed by atoms with van der Waals surface area (Å²) < 4.78 is 1.96. The number of carbonyl (C=O) groups is 1. The SMILES string of the molecule is Cc1cc(C)cc(NC(=O)CSc2nnc(Cc3csc(N)n3)n2-c2ccccc2)c1. The average molecular weight is 451 g/mol. The predicted octanol–water partition coefficient (Wildman–Crippen LogP) is 4.24. The lowest BCUT2D eigenvalue weighted by atomic mass is 10.1. The Morgan fingerprint density at radius 3 is 2.55 bits per heavy atom. The van der Waals surface area contributed by atoms with E-state index in [1.807, 2.05) is 66.3 Å². The minimum atomic E-state index is -0.0913. The van der Waals surface area contributed by atoms with Crippen LogP contribution in [0.25, 0.3) is 5.69 Å². The number of nitrogens with two attached hydrogens (primary N) is 1. The average Bonchev–Trinajstić information content (AvgIpc) is 3.32. The van der Waals surface area contributed by atoms with Crippen LogP contribution in [0.4, 0.5) is 10.8 Å². The monoisotopic (exact) mass is 450 g/mol. The highest BCUT2D eigenvalue weighted by atomic mass is 32.2. The molecule has 7 nitrogen and oxygen atoms in total. The molecule has 4 rings (SSSR count). The van der Waals surface area contributed by atoms with Gasteiger partial charge in [-0.25, -0.2) is 4.98 Å². The molecule has 0 aliphatic carbocycles. The van der Waals surface area contributed by atoms with Crippen molar-refractivity contribution in [3.05, 3.63) is 76.6 Å². The smallest absolute Gasteiger partial charge is 0.234 e. The molecule has 4 aromatic rings. The maximum atomic E-state index is 12.5. The first-order valence-corrected chi connectivity index (χ1v) is 11.5. The number of carbonyl (C=O) groups excluding carboxylic acids is 1. The van der Waals surface area contributed by atoms with E-state index in [4.69, 9.17) is 5.73 Å². The number of nitrogens with zero attached hydrogens (tertiary/aromatic N) is 4. The van der Waals surface area contributed by atoms with Crippen LogP contribution in [0.15, 0.2) is 59.1 Å². The number of hydrogen-bond donors (Lipinski definition) is 2. The molecule has 2 aromatic carbocycles. The summed E-state index contributed by atoms with van der Waals surface area (Å²) in [6.07, 6.45) is 0.505. The van der Waals surface area contributed by atoms with Crippen molar-refractivity contribution in [1.82, 2.24) is 19.7 Å². The van der Waals surface area contributed by atoms with Crippen molar-refractivity contribution >= 4 is 39.8 Å². The van der Waals surface area contributed by atoms with Crippen molar-refractivity contribution in [2.24, 2.45) is 0 Å². The number of anilines is 2. The standard InChI is InChI=1S/C22H22N6OS2/c1-14-8-15(2)10-16(9-14)24-20(29)13-31-22-27-26-19(11-17-12-30-21(23)25-17)28(22)18-6-4-3-5-7-18/h3-10,12H,11,13H2,1-2H3,(H2,23,25)(H,24,29). The van der Waals surface area contributed by atoms with Crippen molar-refractivity contribution < 1.29 is 4.79 Å². The van der Waals surface area contributed by atoms with Gasteiger partial charge in [-0.3, -0.25) is 9.36 Å². The third-order valence-corrected chi connectivity index (χ3v) is 6.11. The maximum Gasteiger partial charge on any atom is 0.234 e. The van der Waals surface area contributed by atoms with Crippen molar-refractivity contribution in [2.75, 3.05) is 16.8 Å². The van der Waals surface area contributed by atoms with Gasteiger partial charge < -0.3 is 11.1 Å². The predicted molar refractivity (Wildman–Crippen MR) is 126 cm³/mol. The minimum absolute atomic E-state index is 0.0913. The Labute approximate surface area is 188 Å². The molecule has 0 atom stereocenters. The van der Waals surface area contributed by atoms with Crippen LogP contribution in [0.3, 0.4) is 0 Å². The third kappa shape index (κ3) is 5.31. The first kappa shape index (κ1) is 21.1. The fourth-order valence-electron chi connectivity index (χ4n) is 3.28. The van der Waals surface area contributed by atoms with Gasteiger partial charge in [0.2, 0.25) is 5.91 Å². The molecule has 0 bridgehead atoms. The highest BCUT2D eigenvalue weighted by molar-refractivity contribution is 7.99. The third-order valence-electron chi connectivity index (χ3n) is 4.46. The zero-order chi connectivity index (χ0) is 21.8. The van der Waals surface area contributed by atoms with Gasteiger partial charge in [0.05, 0.1) is 17.9 Å². The lowest BCUT2D eigenvalue weighted by Gasteiger charge is -2.10. The van der Waals surface area contributed by atoms with Crippen molar-refractivity contribution in [1.29, 1.82) is 0 Å². The summed E-state index contributed by atoms with van der Waals surface area (Å²) in [7, 11) is 0. The fourth-order valence-corrected chi connectivity index (χ4v) is 4.62. The van der Waals surface area contributed by atoms with Gasteiger partial charge in [-0.1, -0.05) is 36.0 Å². The molecule has 31 heavy (non-hydrogen) atoms. The molecule has 0 aliphatic heterocycles. The lowest BCUT2D eigenvalue weighted by molar-refractivity contribution is -0.113. The van der Waals surface area contributed by atoms with Gasteiger partial charge in [0.25, 0.3) is 0 Å². The molecule has 0 saturated heterocycles. The van der Waals surface area contributed by atoms with Gasteiger partial charge >= 0.3 is 0 Å². The van der Waals surface area contributed by atoms with E-state index in [0.29, 0.717) is 16.7 Å². The Morgan fingerprint density at radius 2 is 1.87 bits per heavy atom. The number of hydrogen-bond acceptors (Lipinski definition) is 7. The maximum absolute atomic E-state index is 12.5. The summed E-state index contributed by atoms with van der Waals surface area (Å²) in [5.41, 5.74) is 10.6. The largest absolute Gasteiger partial charge is 0.375 e. The molecule has 0 radical (unpaired) electrons. The minimum Gasteiger partial charge on any atom is -0.375 e. The lowest BCUT2D eigenvalue weighted by Crippen LogP contribution is -2.15. The van der Waals surface area contributed by atoms with E-state index in [9.17, 15) is 4.79 Å². The van der Waals surface area contributed by atoms with Crippen molar-refractivity contribution in [2.45, 2.75) is 25.4 Å². The molecule has 0 fully saturated rings. The van der Waals surface area contributed by atoms with Gasteiger partial charge in [0.15, 0.2) is 10.3 Å². The number of aryl methyl sites for hydroxylation is 2. The topological polar surface area (TPSA) is 98.7 Å².